The molecular weight excluding hydrogens is 282 g/mol. The summed E-state index contributed by atoms with van der Waals surface area (Å²) >= 11 is 0. The standard InChI is InChI=1S/C16H19N3O3/c1-16(2,3)19(13-9-10-17-15(21)18-13)14(20)11-22-12-7-5-4-6-8-12/h4-10H,11H2,1-3H3,(H,17,18,21)/p+1. The SMILES string of the molecule is CC(C)(C)[NH+](C(=O)COc1ccccc1)c1ccnc(=O)[nH]1. The Morgan fingerprint density at radius 3 is 2.50 bits per heavy atom. The van der Waals surface area contributed by atoms with E-state index in [1.807, 2.05) is 39.0 Å². The Bertz CT molecular complexity index is 690. The number of rotatable bonds is 4. The van der Waals surface area contributed by atoms with Crippen molar-refractivity contribution >= 4 is 11.7 Å². The molecule has 0 fully saturated rings. The highest BCUT2D eigenvalue weighted by molar-refractivity contribution is 5.70. The molecule has 0 radical (unpaired) electrons. The van der Waals surface area contributed by atoms with Crippen LogP contribution >= 0.6 is 0 Å². The number of nitrogens with zero attached hydrogens (tertiary/aromatic N) is 1. The van der Waals surface area contributed by atoms with Crippen molar-refractivity contribution in [3.8, 4) is 5.75 Å². The topological polar surface area (TPSA) is 76.5 Å². The van der Waals surface area contributed by atoms with Gasteiger partial charge in [0.15, 0.2) is 0 Å². The highest BCUT2D eigenvalue weighted by atomic mass is 16.5. The van der Waals surface area contributed by atoms with Crippen molar-refractivity contribution in [3.05, 3.63) is 53.1 Å². The van der Waals surface area contributed by atoms with Gasteiger partial charge < -0.3 is 4.74 Å². The van der Waals surface area contributed by atoms with Gasteiger partial charge in [0.1, 0.15) is 11.3 Å². The van der Waals surface area contributed by atoms with Crippen molar-refractivity contribution < 1.29 is 14.4 Å². The van der Waals surface area contributed by atoms with Crippen LogP contribution in [0.3, 0.4) is 0 Å². The molecule has 0 aliphatic rings. The lowest BCUT2D eigenvalue weighted by molar-refractivity contribution is -0.808. The number of para-hydroxylation sites is 1. The minimum Gasteiger partial charge on any atom is -0.479 e. The van der Waals surface area contributed by atoms with E-state index in [9.17, 15) is 9.59 Å². The van der Waals surface area contributed by atoms with Gasteiger partial charge in [-0.25, -0.2) is 19.5 Å². The number of benzene rings is 1. The number of hydrogen-bond donors (Lipinski definition) is 2. The van der Waals surface area contributed by atoms with Gasteiger partial charge in [0.05, 0.1) is 0 Å². The zero-order chi connectivity index (χ0) is 16.2. The molecule has 22 heavy (non-hydrogen) atoms. The molecule has 6 heteroatoms. The number of quaternary nitrogens is 1. The van der Waals surface area contributed by atoms with Crippen LogP contribution in [0.15, 0.2) is 47.4 Å². The summed E-state index contributed by atoms with van der Waals surface area (Å²) in [7, 11) is 0. The molecule has 6 nitrogen and oxygen atoms in total. The average Bonchev–Trinajstić information content (AvgIpc) is 2.45. The van der Waals surface area contributed by atoms with Crippen molar-refractivity contribution in [3.63, 3.8) is 0 Å². The first-order valence-corrected chi connectivity index (χ1v) is 7.02. The highest BCUT2D eigenvalue weighted by Gasteiger charge is 2.35. The first-order chi connectivity index (χ1) is 10.4. The van der Waals surface area contributed by atoms with Gasteiger partial charge in [-0.3, -0.25) is 4.98 Å². The summed E-state index contributed by atoms with van der Waals surface area (Å²) in [6.07, 6.45) is 1.39. The van der Waals surface area contributed by atoms with Crippen LogP contribution in [-0.4, -0.2) is 28.0 Å². The van der Waals surface area contributed by atoms with Crippen molar-refractivity contribution in [2.45, 2.75) is 26.3 Å². The van der Waals surface area contributed by atoms with Gasteiger partial charge in [0.25, 0.3) is 0 Å². The van der Waals surface area contributed by atoms with Crippen LogP contribution < -0.4 is 15.3 Å². The second-order valence-electron chi connectivity index (χ2n) is 5.94. The molecule has 116 valence electrons. The van der Waals surface area contributed by atoms with Crippen LogP contribution in [-0.2, 0) is 4.79 Å². The molecule has 1 heterocycles. The zero-order valence-corrected chi connectivity index (χ0v) is 12.9. The van der Waals surface area contributed by atoms with E-state index in [4.69, 9.17) is 4.74 Å². The summed E-state index contributed by atoms with van der Waals surface area (Å²) in [4.78, 5) is 30.7. The first kappa shape index (κ1) is 15.9. The Kier molecular flexibility index (Phi) is 4.72. The lowest BCUT2D eigenvalue weighted by atomic mass is 10.1. The molecule has 1 aromatic carbocycles. The van der Waals surface area contributed by atoms with Gasteiger partial charge in [-0.05, 0) is 32.9 Å². The molecule has 2 rings (SSSR count). The normalized spacial score (nSPS) is 12.7. The number of H-pyrrole nitrogens is 1. The summed E-state index contributed by atoms with van der Waals surface area (Å²) < 4.78 is 5.52. The van der Waals surface area contributed by atoms with E-state index in [2.05, 4.69) is 9.97 Å². The molecule has 2 aromatic rings. The molecule has 1 unspecified atom stereocenters. The Labute approximate surface area is 128 Å². The maximum Gasteiger partial charge on any atom is 0.356 e. The van der Waals surface area contributed by atoms with Crippen LogP contribution in [0.2, 0.25) is 0 Å². The van der Waals surface area contributed by atoms with Gasteiger partial charge in [0, 0.05) is 12.3 Å². The minimum absolute atomic E-state index is 0.0824. The van der Waals surface area contributed by atoms with Gasteiger partial charge in [-0.1, -0.05) is 18.2 Å². The van der Waals surface area contributed by atoms with E-state index >= 15 is 0 Å². The van der Waals surface area contributed by atoms with Crippen molar-refractivity contribution in [2.24, 2.45) is 0 Å². The number of carbonyl (C=O) groups excluding carboxylic acids is 1. The summed E-state index contributed by atoms with van der Waals surface area (Å²) in [5.74, 6) is 0.944. The summed E-state index contributed by atoms with van der Waals surface area (Å²) in [6.45, 7) is 5.67. The van der Waals surface area contributed by atoms with Crippen LogP contribution in [0.5, 0.6) is 5.75 Å². The van der Waals surface area contributed by atoms with E-state index in [-0.39, 0.29) is 12.5 Å². The Hall–Kier alpha value is -2.47. The predicted molar refractivity (Wildman–Crippen MR) is 82.2 cm³/mol. The summed E-state index contributed by atoms with van der Waals surface area (Å²) in [5, 5.41) is 0. The van der Waals surface area contributed by atoms with Gasteiger partial charge in [-0.15, -0.1) is 0 Å². The molecule has 0 bridgehead atoms. The smallest absolute Gasteiger partial charge is 0.356 e. The van der Waals surface area contributed by atoms with E-state index in [1.165, 1.54) is 6.20 Å². The van der Waals surface area contributed by atoms with E-state index < -0.39 is 11.2 Å². The Morgan fingerprint density at radius 2 is 1.91 bits per heavy atom. The number of carbonyl (C=O) groups is 1. The lowest BCUT2D eigenvalue weighted by Gasteiger charge is -2.28. The molecule has 0 spiro atoms. The Balaban J connectivity index is 2.19. The lowest BCUT2D eigenvalue weighted by Crippen LogP contribution is -3.18. The fraction of sp³-hybridized carbons (Fsp3) is 0.312. The minimum atomic E-state index is -0.476. The van der Waals surface area contributed by atoms with Gasteiger partial charge in [0.2, 0.25) is 12.4 Å². The van der Waals surface area contributed by atoms with Crippen LogP contribution in [0.25, 0.3) is 0 Å². The number of hydrogen-bond acceptors (Lipinski definition) is 4. The number of nitrogens with one attached hydrogen (secondary N) is 2. The molecule has 0 saturated heterocycles. The zero-order valence-electron chi connectivity index (χ0n) is 12.9. The third kappa shape index (κ3) is 4.02. The van der Waals surface area contributed by atoms with Crippen molar-refractivity contribution in [2.75, 3.05) is 6.61 Å². The largest absolute Gasteiger partial charge is 0.479 e. The van der Waals surface area contributed by atoms with Crippen LogP contribution in [0, 0.1) is 0 Å². The fourth-order valence-corrected chi connectivity index (χ4v) is 2.22. The third-order valence-electron chi connectivity index (χ3n) is 3.09. The average molecular weight is 302 g/mol. The number of aromatic nitrogens is 2. The van der Waals surface area contributed by atoms with E-state index in [0.717, 1.165) is 0 Å². The molecular formula is C16H20N3O3+. The van der Waals surface area contributed by atoms with Crippen LogP contribution in [0.1, 0.15) is 20.8 Å². The quantitative estimate of drug-likeness (QED) is 0.871. The molecule has 0 saturated carbocycles. The Morgan fingerprint density at radius 1 is 1.23 bits per heavy atom. The second kappa shape index (κ2) is 6.53. The van der Waals surface area contributed by atoms with Crippen molar-refractivity contribution in [1.82, 2.24) is 9.97 Å². The van der Waals surface area contributed by atoms with Gasteiger partial charge >= 0.3 is 11.6 Å². The van der Waals surface area contributed by atoms with Crippen molar-refractivity contribution in [1.29, 1.82) is 0 Å². The number of amides is 1. The molecule has 0 aliphatic heterocycles. The number of ether oxygens (including phenoxy) is 1. The molecule has 1 aromatic heterocycles. The first-order valence-electron chi connectivity index (χ1n) is 7.02. The molecule has 1 amide bonds. The highest BCUT2D eigenvalue weighted by Crippen LogP contribution is 2.08. The second-order valence-corrected chi connectivity index (χ2v) is 5.94. The molecule has 1 atom stereocenters. The van der Waals surface area contributed by atoms with E-state index in [1.54, 1.807) is 18.2 Å². The number of aromatic amines is 1. The third-order valence-corrected chi connectivity index (χ3v) is 3.09. The van der Waals surface area contributed by atoms with Gasteiger partial charge in [-0.2, -0.15) is 0 Å². The predicted octanol–water partition coefficient (Wildman–Crippen LogP) is 0.690. The summed E-state index contributed by atoms with van der Waals surface area (Å²) in [6, 6.07) is 10.8. The summed E-state index contributed by atoms with van der Waals surface area (Å²) in [5.41, 5.74) is -0.905. The van der Waals surface area contributed by atoms with Crippen LogP contribution in [0.4, 0.5) is 5.82 Å². The fourth-order valence-electron chi connectivity index (χ4n) is 2.22. The monoisotopic (exact) mass is 302 g/mol. The maximum absolute atomic E-state index is 12.6. The molecule has 0 aliphatic carbocycles. The maximum atomic E-state index is 12.6. The molecule has 2 N–H and O–H groups in total. The van der Waals surface area contributed by atoms with E-state index in [0.29, 0.717) is 16.5 Å².